The molecule has 2 fully saturated rings. The lowest BCUT2D eigenvalue weighted by atomic mass is 10.0. The van der Waals surface area contributed by atoms with Crippen LogP contribution in [0.3, 0.4) is 0 Å². The minimum absolute atomic E-state index is 0.108. The van der Waals surface area contributed by atoms with E-state index in [2.05, 4.69) is 25.5 Å². The van der Waals surface area contributed by atoms with Crippen molar-refractivity contribution in [1.82, 2.24) is 24.6 Å². The number of hydrogen-bond donors (Lipinski definition) is 3. The summed E-state index contributed by atoms with van der Waals surface area (Å²) in [5, 5.41) is 19.9. The second-order valence-electron chi connectivity index (χ2n) is 8.41. The molecule has 1 aliphatic heterocycles. The topological polar surface area (TPSA) is 111 Å². The van der Waals surface area contributed by atoms with Gasteiger partial charge in [-0.1, -0.05) is 11.6 Å². The van der Waals surface area contributed by atoms with Crippen molar-refractivity contribution in [3.63, 3.8) is 0 Å². The van der Waals surface area contributed by atoms with Gasteiger partial charge in [-0.2, -0.15) is 5.10 Å². The largest absolute Gasteiger partial charge is 0.391 e. The number of anilines is 2. The van der Waals surface area contributed by atoms with Gasteiger partial charge >= 0.3 is 0 Å². The van der Waals surface area contributed by atoms with Crippen LogP contribution in [0.2, 0.25) is 5.02 Å². The molecule has 3 aromatic heterocycles. The van der Waals surface area contributed by atoms with Gasteiger partial charge in [0.15, 0.2) is 17.3 Å². The Hall–Kier alpha value is -3.31. The maximum absolute atomic E-state index is 15.5. The Labute approximate surface area is 190 Å². The molecule has 1 aliphatic carbocycles. The number of aliphatic hydroxyl groups excluding tert-OH is 1. The van der Waals surface area contributed by atoms with Crippen LogP contribution in [0.25, 0.3) is 27.8 Å². The quantitative estimate of drug-likeness (QED) is 0.420. The lowest BCUT2D eigenvalue weighted by molar-refractivity contribution is -0.117. The van der Waals surface area contributed by atoms with Crippen molar-refractivity contribution in [3.05, 3.63) is 35.6 Å². The molecule has 4 heterocycles. The number of aromatic nitrogens is 5. The van der Waals surface area contributed by atoms with E-state index in [-0.39, 0.29) is 22.9 Å². The predicted octanol–water partition coefficient (Wildman–Crippen LogP) is 2.93. The first-order valence-electron chi connectivity index (χ1n) is 10.5. The van der Waals surface area contributed by atoms with Crippen molar-refractivity contribution in [3.8, 4) is 11.3 Å². The molecule has 1 saturated carbocycles. The normalized spacial score (nSPS) is 22.4. The first kappa shape index (κ1) is 20.3. The number of carbonyl (C=O) groups is 1. The fourth-order valence-corrected chi connectivity index (χ4v) is 4.62. The number of hydrogen-bond acceptors (Lipinski definition) is 6. The fourth-order valence-electron chi connectivity index (χ4n) is 4.33. The number of rotatable bonds is 4. The molecule has 3 atom stereocenters. The number of halogens is 3. The number of nitrogens with zero attached hydrogens (tertiary/aromatic N) is 5. The third-order valence-electron chi connectivity index (χ3n) is 6.14. The molecule has 1 amide bonds. The zero-order valence-electron chi connectivity index (χ0n) is 17.1. The Morgan fingerprint density at radius 2 is 2.15 bits per heavy atom. The SMILES string of the molecule is O=C(Nc1cn2cc(-c3c(Cl)c(F)c(N4CC[C@@H](O)C4)c4[nH]ncc34)ncc2n1)[C@@H]1C[C@@H]1F. The summed E-state index contributed by atoms with van der Waals surface area (Å²) in [5.41, 5.74) is 1.93. The van der Waals surface area contributed by atoms with E-state index in [1.165, 1.54) is 6.20 Å². The van der Waals surface area contributed by atoms with Crippen LogP contribution in [-0.4, -0.2) is 60.9 Å². The molecule has 12 heteroatoms. The Bertz CT molecular complexity index is 1420. The number of aromatic amines is 1. The zero-order valence-corrected chi connectivity index (χ0v) is 17.9. The van der Waals surface area contributed by atoms with Crippen LogP contribution in [0.5, 0.6) is 0 Å². The Balaban J connectivity index is 1.41. The molecule has 33 heavy (non-hydrogen) atoms. The monoisotopic (exact) mass is 473 g/mol. The van der Waals surface area contributed by atoms with Crippen molar-refractivity contribution in [2.75, 3.05) is 23.3 Å². The molecule has 0 spiro atoms. The highest BCUT2D eigenvalue weighted by Gasteiger charge is 2.43. The van der Waals surface area contributed by atoms with Crippen molar-refractivity contribution in [2.24, 2.45) is 5.92 Å². The van der Waals surface area contributed by atoms with E-state index in [1.54, 1.807) is 27.9 Å². The average Bonchev–Trinajstić information content (AvgIpc) is 3.16. The molecule has 6 rings (SSSR count). The molecule has 4 aromatic rings. The average molecular weight is 474 g/mol. The number of imidazole rings is 1. The van der Waals surface area contributed by atoms with Gasteiger partial charge < -0.3 is 19.7 Å². The van der Waals surface area contributed by atoms with Gasteiger partial charge in [0, 0.05) is 30.2 Å². The van der Waals surface area contributed by atoms with Crippen LogP contribution >= 0.6 is 11.6 Å². The number of H-pyrrole nitrogens is 1. The maximum atomic E-state index is 15.5. The number of carbonyl (C=O) groups excluding carboxylic acids is 1. The van der Waals surface area contributed by atoms with Gasteiger partial charge in [0.05, 0.1) is 46.8 Å². The predicted molar refractivity (Wildman–Crippen MR) is 118 cm³/mol. The summed E-state index contributed by atoms with van der Waals surface area (Å²) >= 11 is 6.50. The Morgan fingerprint density at radius 1 is 1.33 bits per heavy atom. The summed E-state index contributed by atoms with van der Waals surface area (Å²) in [6.45, 7) is 0.804. The Morgan fingerprint density at radius 3 is 2.88 bits per heavy atom. The van der Waals surface area contributed by atoms with E-state index in [1.807, 2.05) is 0 Å². The van der Waals surface area contributed by atoms with Gasteiger partial charge in [0.25, 0.3) is 0 Å². The highest BCUT2D eigenvalue weighted by Crippen LogP contribution is 2.43. The molecule has 3 N–H and O–H groups in total. The first-order valence-corrected chi connectivity index (χ1v) is 10.9. The number of aliphatic hydroxyl groups is 1. The number of amides is 1. The van der Waals surface area contributed by atoms with Gasteiger partial charge in [-0.15, -0.1) is 0 Å². The Kier molecular flexibility index (Phi) is 4.53. The van der Waals surface area contributed by atoms with Crippen molar-refractivity contribution < 1.29 is 18.7 Å². The summed E-state index contributed by atoms with van der Waals surface area (Å²) in [5.74, 6) is -1.39. The summed E-state index contributed by atoms with van der Waals surface area (Å²) in [4.78, 5) is 22.4. The molecular weight excluding hydrogens is 456 g/mol. The lowest BCUT2D eigenvalue weighted by Gasteiger charge is -2.21. The van der Waals surface area contributed by atoms with Crippen LogP contribution in [0.1, 0.15) is 12.8 Å². The van der Waals surface area contributed by atoms with E-state index in [0.717, 1.165) is 0 Å². The third-order valence-corrected chi connectivity index (χ3v) is 6.50. The van der Waals surface area contributed by atoms with Crippen molar-refractivity contribution in [2.45, 2.75) is 25.1 Å². The van der Waals surface area contributed by atoms with Crippen LogP contribution in [0, 0.1) is 11.7 Å². The second kappa shape index (κ2) is 7.35. The van der Waals surface area contributed by atoms with Gasteiger partial charge in [-0.3, -0.25) is 14.9 Å². The number of nitrogens with one attached hydrogen (secondary N) is 2. The van der Waals surface area contributed by atoms with Gasteiger partial charge in [-0.25, -0.2) is 13.8 Å². The highest BCUT2D eigenvalue weighted by molar-refractivity contribution is 6.36. The molecule has 9 nitrogen and oxygen atoms in total. The number of β-amino-alcohol motifs (C(OH)–C–C–N with tert-alkyl or cyclic N) is 1. The van der Waals surface area contributed by atoms with Crippen molar-refractivity contribution in [1.29, 1.82) is 0 Å². The number of benzene rings is 1. The molecule has 0 radical (unpaired) electrons. The summed E-state index contributed by atoms with van der Waals surface area (Å²) in [7, 11) is 0. The molecule has 1 saturated heterocycles. The lowest BCUT2D eigenvalue weighted by Crippen LogP contribution is -2.23. The minimum Gasteiger partial charge on any atom is -0.391 e. The van der Waals surface area contributed by atoms with E-state index < -0.39 is 29.9 Å². The van der Waals surface area contributed by atoms with Crippen LogP contribution in [0.4, 0.5) is 20.3 Å². The summed E-state index contributed by atoms with van der Waals surface area (Å²) in [6.07, 6.45) is 5.37. The molecule has 0 bridgehead atoms. The van der Waals surface area contributed by atoms with E-state index in [4.69, 9.17) is 11.6 Å². The molecule has 2 aliphatic rings. The third kappa shape index (κ3) is 3.30. The molecule has 1 aromatic carbocycles. The van der Waals surface area contributed by atoms with E-state index >= 15 is 4.39 Å². The zero-order chi connectivity index (χ0) is 22.9. The van der Waals surface area contributed by atoms with Gasteiger partial charge in [-0.05, 0) is 12.8 Å². The standard InChI is InChI=1S/C21H18ClF2N7O2/c22-17-16(11-4-26-29-19(11)20(18(17)24)30-2-1-9(32)6-30)13-7-31-8-14(27-15(31)5-25-13)28-21(33)10-3-12(10)23/h4-5,7-10,12,32H,1-3,6H2,(H,26,29)(H,28,33)/t9-,10-,12+/m1/s1. The van der Waals surface area contributed by atoms with Crippen LogP contribution < -0.4 is 10.2 Å². The fraction of sp³-hybridized carbons (Fsp3) is 0.333. The number of alkyl halides is 1. The highest BCUT2D eigenvalue weighted by atomic mass is 35.5. The molecular formula is C21H18ClF2N7O2. The molecule has 0 unspecified atom stereocenters. The maximum Gasteiger partial charge on any atom is 0.231 e. The van der Waals surface area contributed by atoms with E-state index in [9.17, 15) is 14.3 Å². The molecule has 170 valence electrons. The summed E-state index contributed by atoms with van der Waals surface area (Å²) in [6, 6.07) is 0. The number of fused-ring (bicyclic) bond motifs is 2. The van der Waals surface area contributed by atoms with Crippen molar-refractivity contribution >= 4 is 45.6 Å². The van der Waals surface area contributed by atoms with Gasteiger partial charge in [0.1, 0.15) is 11.9 Å². The minimum atomic E-state index is -1.10. The second-order valence-corrected chi connectivity index (χ2v) is 8.79. The van der Waals surface area contributed by atoms with Crippen LogP contribution in [0.15, 0.2) is 24.8 Å². The smallest absolute Gasteiger partial charge is 0.231 e. The first-order chi connectivity index (χ1) is 15.9. The van der Waals surface area contributed by atoms with Crippen LogP contribution in [-0.2, 0) is 4.79 Å². The summed E-state index contributed by atoms with van der Waals surface area (Å²) < 4.78 is 30.2. The van der Waals surface area contributed by atoms with Gasteiger partial charge in [0.2, 0.25) is 5.91 Å². The van der Waals surface area contributed by atoms with E-state index in [0.29, 0.717) is 47.3 Å².